The molecule has 5 heteroatoms. The van der Waals surface area contributed by atoms with Crippen LogP contribution in [0.2, 0.25) is 0 Å². The first-order chi connectivity index (χ1) is 11.0. The molecule has 3 atom stereocenters. The predicted octanol–water partition coefficient (Wildman–Crippen LogP) is 2.80. The van der Waals surface area contributed by atoms with Gasteiger partial charge in [-0.15, -0.1) is 0 Å². The van der Waals surface area contributed by atoms with Crippen LogP contribution in [-0.4, -0.2) is 44.7 Å². The van der Waals surface area contributed by atoms with E-state index in [1.165, 1.54) is 12.2 Å². The zero-order valence-corrected chi connectivity index (χ0v) is 14.1. The lowest BCUT2D eigenvalue weighted by molar-refractivity contribution is -0.137. The number of hydrogen-bond acceptors (Lipinski definition) is 4. The minimum absolute atomic E-state index is 0.221. The summed E-state index contributed by atoms with van der Waals surface area (Å²) in [6.07, 6.45) is 10.8. The van der Waals surface area contributed by atoms with Crippen LogP contribution in [0.5, 0.6) is 0 Å². The summed E-state index contributed by atoms with van der Waals surface area (Å²) in [4.78, 5) is 10.3. The molecule has 0 aliphatic heterocycles. The molecule has 0 spiro atoms. The molecule has 0 aromatic rings. The second-order valence-corrected chi connectivity index (χ2v) is 5.83. The molecule has 134 valence electrons. The van der Waals surface area contributed by atoms with E-state index in [1.807, 2.05) is 19.1 Å². The maximum atomic E-state index is 10.3. The second kappa shape index (κ2) is 14.4. The van der Waals surface area contributed by atoms with Crippen molar-refractivity contribution in [2.24, 2.45) is 0 Å². The lowest BCUT2D eigenvalue weighted by atomic mass is 10.0. The van der Waals surface area contributed by atoms with Crippen LogP contribution in [0.15, 0.2) is 24.3 Å². The van der Waals surface area contributed by atoms with E-state index < -0.39 is 24.3 Å². The lowest BCUT2D eigenvalue weighted by Gasteiger charge is -2.13. The average molecular weight is 328 g/mol. The smallest absolute Gasteiger partial charge is 0.303 e. The first-order valence-corrected chi connectivity index (χ1v) is 8.56. The summed E-state index contributed by atoms with van der Waals surface area (Å²) in [7, 11) is 0. The van der Waals surface area contributed by atoms with Gasteiger partial charge in [-0.25, -0.2) is 0 Å². The first kappa shape index (κ1) is 21.8. The van der Waals surface area contributed by atoms with Crippen LogP contribution in [0.4, 0.5) is 0 Å². The van der Waals surface area contributed by atoms with Crippen molar-refractivity contribution in [1.82, 2.24) is 0 Å². The Hall–Kier alpha value is -1.17. The van der Waals surface area contributed by atoms with Crippen molar-refractivity contribution in [3.8, 4) is 0 Å². The Morgan fingerprint density at radius 2 is 1.61 bits per heavy atom. The van der Waals surface area contributed by atoms with Gasteiger partial charge in [0.25, 0.3) is 0 Å². The van der Waals surface area contributed by atoms with Crippen molar-refractivity contribution in [1.29, 1.82) is 0 Å². The number of aliphatic carboxylic acids is 1. The van der Waals surface area contributed by atoms with Gasteiger partial charge in [-0.1, -0.05) is 56.9 Å². The fourth-order valence-corrected chi connectivity index (χ4v) is 2.17. The molecular weight excluding hydrogens is 296 g/mol. The summed E-state index contributed by atoms with van der Waals surface area (Å²) in [6, 6.07) is 0. The first-order valence-electron chi connectivity index (χ1n) is 8.56. The number of rotatable bonds is 14. The molecule has 0 bridgehead atoms. The highest BCUT2D eigenvalue weighted by atomic mass is 16.4. The van der Waals surface area contributed by atoms with E-state index in [-0.39, 0.29) is 6.42 Å². The number of hydrogen-bond donors (Lipinski definition) is 4. The SMILES string of the molecule is CC/C=C\C[C@@H](O)[C@H](O)/C=C/[C@H](O)CCCCCCCC(=O)O. The van der Waals surface area contributed by atoms with Gasteiger partial charge in [0.05, 0.1) is 18.3 Å². The van der Waals surface area contributed by atoms with Gasteiger partial charge < -0.3 is 20.4 Å². The number of unbranched alkanes of at least 4 members (excludes halogenated alkanes) is 4. The number of carboxylic acid groups (broad SMARTS) is 1. The van der Waals surface area contributed by atoms with Crippen molar-refractivity contribution >= 4 is 5.97 Å². The van der Waals surface area contributed by atoms with E-state index in [0.717, 1.165) is 32.1 Å². The topological polar surface area (TPSA) is 98.0 Å². The van der Waals surface area contributed by atoms with Crippen LogP contribution >= 0.6 is 0 Å². The Kier molecular flexibility index (Phi) is 13.7. The molecule has 0 amide bonds. The Morgan fingerprint density at radius 3 is 2.26 bits per heavy atom. The molecule has 0 unspecified atom stereocenters. The Bertz CT molecular complexity index is 351. The van der Waals surface area contributed by atoms with Gasteiger partial charge in [0.2, 0.25) is 0 Å². The third kappa shape index (κ3) is 14.2. The fourth-order valence-electron chi connectivity index (χ4n) is 2.17. The molecule has 0 aliphatic rings. The highest BCUT2D eigenvalue weighted by Crippen LogP contribution is 2.10. The molecule has 0 radical (unpaired) electrons. The van der Waals surface area contributed by atoms with Crippen LogP contribution in [0, 0.1) is 0 Å². The van der Waals surface area contributed by atoms with E-state index in [4.69, 9.17) is 5.11 Å². The van der Waals surface area contributed by atoms with E-state index in [0.29, 0.717) is 19.3 Å². The predicted molar refractivity (Wildman–Crippen MR) is 91.2 cm³/mol. The molecule has 0 rings (SSSR count). The highest BCUT2D eigenvalue weighted by Gasteiger charge is 2.11. The molecule has 0 fully saturated rings. The van der Waals surface area contributed by atoms with E-state index >= 15 is 0 Å². The number of aliphatic hydroxyl groups is 3. The monoisotopic (exact) mass is 328 g/mol. The standard InChI is InChI=1S/C18H32O5/c1-2-3-7-11-16(20)17(21)14-13-15(19)10-8-5-4-6-9-12-18(22)23/h3,7,13-17,19-21H,2,4-6,8-12H2,1H3,(H,22,23)/b7-3-,14-13+/t15-,16-,17-/m1/s1. The van der Waals surface area contributed by atoms with Crippen LogP contribution in [-0.2, 0) is 4.79 Å². The van der Waals surface area contributed by atoms with E-state index in [2.05, 4.69) is 0 Å². The van der Waals surface area contributed by atoms with Crippen molar-refractivity contribution in [3.63, 3.8) is 0 Å². The zero-order valence-electron chi connectivity index (χ0n) is 14.1. The van der Waals surface area contributed by atoms with E-state index in [9.17, 15) is 20.1 Å². The zero-order chi connectivity index (χ0) is 17.5. The summed E-state index contributed by atoms with van der Waals surface area (Å²) in [5.74, 6) is -0.753. The van der Waals surface area contributed by atoms with Crippen LogP contribution in [0.1, 0.15) is 64.7 Å². The van der Waals surface area contributed by atoms with E-state index in [1.54, 1.807) is 0 Å². The quantitative estimate of drug-likeness (QED) is 0.290. The van der Waals surface area contributed by atoms with Crippen molar-refractivity contribution < 1.29 is 25.2 Å². The molecule has 23 heavy (non-hydrogen) atoms. The van der Waals surface area contributed by atoms with Crippen LogP contribution in [0.3, 0.4) is 0 Å². The molecule has 0 aromatic carbocycles. The van der Waals surface area contributed by atoms with Crippen molar-refractivity contribution in [2.75, 3.05) is 0 Å². The van der Waals surface area contributed by atoms with Crippen LogP contribution in [0.25, 0.3) is 0 Å². The highest BCUT2D eigenvalue weighted by molar-refractivity contribution is 5.66. The molecular formula is C18H32O5. The molecule has 0 aliphatic carbocycles. The van der Waals surface area contributed by atoms with Gasteiger partial charge in [0, 0.05) is 6.42 Å². The molecule has 4 N–H and O–H groups in total. The average Bonchev–Trinajstić information content (AvgIpc) is 2.51. The van der Waals surface area contributed by atoms with Crippen molar-refractivity contribution in [2.45, 2.75) is 83.0 Å². The van der Waals surface area contributed by atoms with Gasteiger partial charge in [0.1, 0.15) is 0 Å². The number of aliphatic hydroxyl groups excluding tert-OH is 3. The second-order valence-electron chi connectivity index (χ2n) is 5.83. The molecule has 0 heterocycles. The van der Waals surface area contributed by atoms with Gasteiger partial charge in [-0.3, -0.25) is 4.79 Å². The Balaban J connectivity index is 3.72. The molecule has 0 aromatic heterocycles. The Labute approximate surface area is 139 Å². The molecule has 0 saturated heterocycles. The Morgan fingerprint density at radius 1 is 0.957 bits per heavy atom. The molecule has 5 nitrogen and oxygen atoms in total. The van der Waals surface area contributed by atoms with Crippen molar-refractivity contribution in [3.05, 3.63) is 24.3 Å². The normalized spacial score (nSPS) is 16.0. The van der Waals surface area contributed by atoms with Gasteiger partial charge in [-0.05, 0) is 25.7 Å². The molecule has 0 saturated carbocycles. The van der Waals surface area contributed by atoms with Gasteiger partial charge in [0.15, 0.2) is 0 Å². The number of carbonyl (C=O) groups is 1. The minimum Gasteiger partial charge on any atom is -0.481 e. The number of allylic oxidation sites excluding steroid dienone is 1. The summed E-state index contributed by atoms with van der Waals surface area (Å²) in [6.45, 7) is 2.00. The minimum atomic E-state index is -0.970. The number of carboxylic acids is 1. The maximum Gasteiger partial charge on any atom is 0.303 e. The van der Waals surface area contributed by atoms with Crippen LogP contribution < -0.4 is 0 Å². The largest absolute Gasteiger partial charge is 0.481 e. The summed E-state index contributed by atoms with van der Waals surface area (Å²) < 4.78 is 0. The summed E-state index contributed by atoms with van der Waals surface area (Å²) in [5, 5.41) is 37.8. The van der Waals surface area contributed by atoms with Gasteiger partial charge in [-0.2, -0.15) is 0 Å². The van der Waals surface area contributed by atoms with Gasteiger partial charge >= 0.3 is 5.97 Å². The lowest BCUT2D eigenvalue weighted by Crippen LogP contribution is -2.23. The third-order valence-corrected chi connectivity index (χ3v) is 3.60. The maximum absolute atomic E-state index is 10.3. The fraction of sp³-hybridized carbons (Fsp3) is 0.722. The summed E-state index contributed by atoms with van der Waals surface area (Å²) >= 11 is 0. The third-order valence-electron chi connectivity index (χ3n) is 3.60. The summed E-state index contributed by atoms with van der Waals surface area (Å²) in [5.41, 5.74) is 0.